The summed E-state index contributed by atoms with van der Waals surface area (Å²) in [6, 6.07) is 5.56. The SMILES string of the molecule is Cc1ccc2ncc(C(=O)O)c(Cl)c2c1. The molecule has 0 saturated heterocycles. The van der Waals surface area contributed by atoms with Crippen molar-refractivity contribution in [3.63, 3.8) is 0 Å². The van der Waals surface area contributed by atoms with Gasteiger partial charge in [-0.15, -0.1) is 0 Å². The molecule has 0 aliphatic carbocycles. The van der Waals surface area contributed by atoms with E-state index in [-0.39, 0.29) is 10.6 Å². The van der Waals surface area contributed by atoms with E-state index in [4.69, 9.17) is 16.7 Å². The molecule has 0 aliphatic heterocycles. The van der Waals surface area contributed by atoms with Crippen LogP contribution in [-0.4, -0.2) is 16.1 Å². The zero-order valence-electron chi connectivity index (χ0n) is 7.99. The van der Waals surface area contributed by atoms with Gasteiger partial charge in [0.05, 0.1) is 16.1 Å². The normalized spacial score (nSPS) is 10.5. The highest BCUT2D eigenvalue weighted by Crippen LogP contribution is 2.26. The Morgan fingerprint density at radius 2 is 2.20 bits per heavy atom. The van der Waals surface area contributed by atoms with Crippen LogP contribution in [0, 0.1) is 6.92 Å². The Labute approximate surface area is 91.3 Å². The Kier molecular flexibility index (Phi) is 2.32. The maximum Gasteiger partial charge on any atom is 0.338 e. The summed E-state index contributed by atoms with van der Waals surface area (Å²) in [5, 5.41) is 9.79. The zero-order valence-corrected chi connectivity index (χ0v) is 8.75. The zero-order chi connectivity index (χ0) is 11.0. The fraction of sp³-hybridized carbons (Fsp3) is 0.0909. The lowest BCUT2D eigenvalue weighted by Crippen LogP contribution is -1.99. The van der Waals surface area contributed by atoms with E-state index in [9.17, 15) is 4.79 Å². The van der Waals surface area contributed by atoms with Gasteiger partial charge >= 0.3 is 5.97 Å². The highest BCUT2D eigenvalue weighted by Gasteiger charge is 2.12. The van der Waals surface area contributed by atoms with Crippen LogP contribution in [0.5, 0.6) is 0 Å². The van der Waals surface area contributed by atoms with Crippen LogP contribution in [0.4, 0.5) is 0 Å². The average Bonchev–Trinajstić information content (AvgIpc) is 2.19. The van der Waals surface area contributed by atoms with Crippen molar-refractivity contribution in [3.05, 3.63) is 40.5 Å². The summed E-state index contributed by atoms with van der Waals surface area (Å²) in [4.78, 5) is 14.9. The Morgan fingerprint density at radius 1 is 1.47 bits per heavy atom. The van der Waals surface area contributed by atoms with Crippen LogP contribution in [0.25, 0.3) is 10.9 Å². The van der Waals surface area contributed by atoms with Crippen molar-refractivity contribution < 1.29 is 9.90 Å². The van der Waals surface area contributed by atoms with Gasteiger partial charge in [-0.2, -0.15) is 0 Å². The van der Waals surface area contributed by atoms with Crippen LogP contribution in [0.2, 0.25) is 5.02 Å². The quantitative estimate of drug-likeness (QED) is 0.806. The van der Waals surface area contributed by atoms with Gasteiger partial charge in [-0.05, 0) is 19.1 Å². The van der Waals surface area contributed by atoms with Crippen LogP contribution in [0.1, 0.15) is 15.9 Å². The van der Waals surface area contributed by atoms with Crippen molar-refractivity contribution in [2.24, 2.45) is 0 Å². The van der Waals surface area contributed by atoms with E-state index in [1.807, 2.05) is 25.1 Å². The van der Waals surface area contributed by atoms with Crippen LogP contribution < -0.4 is 0 Å². The number of rotatable bonds is 1. The second-order valence-electron chi connectivity index (χ2n) is 3.31. The largest absolute Gasteiger partial charge is 0.478 e. The highest BCUT2D eigenvalue weighted by molar-refractivity contribution is 6.38. The van der Waals surface area contributed by atoms with E-state index in [1.54, 1.807) is 0 Å². The molecule has 0 amide bonds. The molecular formula is C11H8ClNO2. The lowest BCUT2D eigenvalue weighted by atomic mass is 10.1. The lowest BCUT2D eigenvalue weighted by Gasteiger charge is -2.03. The van der Waals surface area contributed by atoms with Crippen molar-refractivity contribution in [1.82, 2.24) is 4.98 Å². The molecule has 1 aromatic carbocycles. The van der Waals surface area contributed by atoms with Gasteiger partial charge in [-0.1, -0.05) is 23.2 Å². The molecule has 0 aliphatic rings. The molecule has 4 heteroatoms. The molecule has 0 unspecified atom stereocenters. The van der Waals surface area contributed by atoms with E-state index < -0.39 is 5.97 Å². The molecule has 0 fully saturated rings. The second-order valence-corrected chi connectivity index (χ2v) is 3.69. The van der Waals surface area contributed by atoms with Gasteiger partial charge in [-0.3, -0.25) is 4.98 Å². The summed E-state index contributed by atoms with van der Waals surface area (Å²) in [5.41, 5.74) is 1.76. The number of carbonyl (C=O) groups is 1. The van der Waals surface area contributed by atoms with Gasteiger partial charge in [-0.25, -0.2) is 4.79 Å². The number of fused-ring (bicyclic) bond motifs is 1. The number of aromatic carboxylic acids is 1. The molecule has 1 heterocycles. The van der Waals surface area contributed by atoms with Gasteiger partial charge in [0.2, 0.25) is 0 Å². The maximum atomic E-state index is 10.8. The van der Waals surface area contributed by atoms with E-state index in [0.717, 1.165) is 5.56 Å². The van der Waals surface area contributed by atoms with Crippen molar-refractivity contribution in [2.45, 2.75) is 6.92 Å². The number of carboxylic acid groups (broad SMARTS) is 1. The monoisotopic (exact) mass is 221 g/mol. The number of hydrogen-bond donors (Lipinski definition) is 1. The van der Waals surface area contributed by atoms with Crippen molar-refractivity contribution in [2.75, 3.05) is 0 Å². The van der Waals surface area contributed by atoms with Gasteiger partial charge in [0.1, 0.15) is 0 Å². The van der Waals surface area contributed by atoms with E-state index in [2.05, 4.69) is 4.98 Å². The second kappa shape index (κ2) is 3.51. The summed E-state index contributed by atoms with van der Waals surface area (Å²) >= 11 is 5.99. The number of aromatic nitrogens is 1. The first kappa shape index (κ1) is 9.93. The van der Waals surface area contributed by atoms with Crippen molar-refractivity contribution in [3.8, 4) is 0 Å². The summed E-state index contributed by atoms with van der Waals surface area (Å²) in [5.74, 6) is -1.06. The fourth-order valence-electron chi connectivity index (χ4n) is 1.42. The van der Waals surface area contributed by atoms with Crippen LogP contribution >= 0.6 is 11.6 Å². The third-order valence-corrected chi connectivity index (χ3v) is 2.60. The Balaban J connectivity index is 2.82. The fourth-order valence-corrected chi connectivity index (χ4v) is 1.70. The number of benzene rings is 1. The van der Waals surface area contributed by atoms with Gasteiger partial charge in [0.25, 0.3) is 0 Å². The number of nitrogens with zero attached hydrogens (tertiary/aromatic N) is 1. The predicted octanol–water partition coefficient (Wildman–Crippen LogP) is 2.89. The maximum absolute atomic E-state index is 10.8. The number of carboxylic acids is 1. The molecule has 3 nitrogen and oxygen atoms in total. The lowest BCUT2D eigenvalue weighted by molar-refractivity contribution is 0.0697. The first-order valence-electron chi connectivity index (χ1n) is 4.38. The Hall–Kier alpha value is -1.61. The minimum Gasteiger partial charge on any atom is -0.478 e. The van der Waals surface area contributed by atoms with Crippen molar-refractivity contribution in [1.29, 1.82) is 0 Å². The standard InChI is InChI=1S/C11H8ClNO2/c1-6-2-3-9-7(4-6)10(12)8(5-13-9)11(14)15/h2-5H,1H3,(H,14,15). The topological polar surface area (TPSA) is 50.2 Å². The Bertz CT molecular complexity index is 552. The van der Waals surface area contributed by atoms with Gasteiger partial charge in [0.15, 0.2) is 0 Å². The number of hydrogen-bond acceptors (Lipinski definition) is 2. The predicted molar refractivity (Wildman–Crippen MR) is 58.4 cm³/mol. The molecule has 1 N–H and O–H groups in total. The minimum atomic E-state index is -1.06. The molecule has 0 spiro atoms. The minimum absolute atomic E-state index is 0.0368. The van der Waals surface area contributed by atoms with E-state index in [1.165, 1.54) is 6.20 Å². The molecule has 15 heavy (non-hydrogen) atoms. The van der Waals surface area contributed by atoms with Crippen molar-refractivity contribution >= 4 is 28.5 Å². The molecule has 1 aromatic heterocycles. The molecule has 0 saturated carbocycles. The van der Waals surface area contributed by atoms with E-state index in [0.29, 0.717) is 10.9 Å². The first-order valence-corrected chi connectivity index (χ1v) is 4.75. The number of pyridine rings is 1. The molecule has 0 bridgehead atoms. The molecule has 0 radical (unpaired) electrons. The van der Waals surface area contributed by atoms with Gasteiger partial charge in [0, 0.05) is 11.6 Å². The average molecular weight is 222 g/mol. The summed E-state index contributed by atoms with van der Waals surface area (Å²) in [6.07, 6.45) is 1.28. The molecule has 76 valence electrons. The van der Waals surface area contributed by atoms with Gasteiger partial charge < -0.3 is 5.11 Å². The number of aryl methyl sites for hydroxylation is 1. The number of halogens is 1. The third kappa shape index (κ3) is 1.66. The first-order chi connectivity index (χ1) is 7.09. The van der Waals surface area contributed by atoms with Crippen LogP contribution in [0.3, 0.4) is 0 Å². The van der Waals surface area contributed by atoms with Crippen LogP contribution in [0.15, 0.2) is 24.4 Å². The summed E-state index contributed by atoms with van der Waals surface area (Å²) in [7, 11) is 0. The smallest absolute Gasteiger partial charge is 0.338 e. The van der Waals surface area contributed by atoms with E-state index >= 15 is 0 Å². The molecule has 2 aromatic rings. The summed E-state index contributed by atoms with van der Waals surface area (Å²) < 4.78 is 0. The summed E-state index contributed by atoms with van der Waals surface area (Å²) in [6.45, 7) is 1.92. The van der Waals surface area contributed by atoms with Crippen LogP contribution in [-0.2, 0) is 0 Å². The highest BCUT2D eigenvalue weighted by atomic mass is 35.5. The molecule has 0 atom stereocenters. The molecule has 2 rings (SSSR count). The third-order valence-electron chi connectivity index (χ3n) is 2.19. The Morgan fingerprint density at radius 3 is 2.87 bits per heavy atom. The molecular weight excluding hydrogens is 214 g/mol.